The van der Waals surface area contributed by atoms with Crippen LogP contribution in [0, 0.1) is 5.92 Å². The van der Waals surface area contributed by atoms with Gasteiger partial charge in [-0.05, 0) is 35.8 Å². The van der Waals surface area contributed by atoms with Gasteiger partial charge in [-0.3, -0.25) is 0 Å². The normalized spacial score (nSPS) is 23.0. The first-order valence-corrected chi connectivity index (χ1v) is 6.02. The monoisotopic (exact) mass is 208 g/mol. The second kappa shape index (κ2) is 4.13. The number of benzene rings is 2. The minimum absolute atomic E-state index is 0.807. The Morgan fingerprint density at radius 3 is 2.12 bits per heavy atom. The Labute approximate surface area is 96.9 Å². The number of rotatable bonds is 3. The van der Waals surface area contributed by atoms with Crippen LogP contribution >= 0.6 is 0 Å². The molecule has 0 bridgehead atoms. The van der Waals surface area contributed by atoms with Gasteiger partial charge in [-0.25, -0.2) is 0 Å². The molecular weight excluding hydrogens is 192 g/mol. The van der Waals surface area contributed by atoms with Gasteiger partial charge in [0.05, 0.1) is 0 Å². The highest BCUT2D eigenvalue weighted by Crippen LogP contribution is 2.49. The zero-order valence-corrected chi connectivity index (χ0v) is 9.34. The van der Waals surface area contributed by atoms with Crippen molar-refractivity contribution in [3.8, 4) is 0 Å². The highest BCUT2D eigenvalue weighted by molar-refractivity contribution is 5.27. The van der Waals surface area contributed by atoms with Gasteiger partial charge in [0.25, 0.3) is 0 Å². The van der Waals surface area contributed by atoms with Crippen LogP contribution in [0.15, 0.2) is 60.7 Å². The molecule has 0 unspecified atom stereocenters. The Kier molecular flexibility index (Phi) is 2.49. The van der Waals surface area contributed by atoms with Gasteiger partial charge in [0, 0.05) is 0 Å². The molecule has 80 valence electrons. The molecule has 0 aromatic heterocycles. The van der Waals surface area contributed by atoms with Crippen molar-refractivity contribution in [3.05, 3.63) is 71.8 Å². The summed E-state index contributed by atoms with van der Waals surface area (Å²) >= 11 is 0. The van der Waals surface area contributed by atoms with Crippen molar-refractivity contribution >= 4 is 0 Å². The van der Waals surface area contributed by atoms with E-state index in [1.54, 1.807) is 0 Å². The van der Waals surface area contributed by atoms with E-state index in [0.717, 1.165) is 11.8 Å². The minimum Gasteiger partial charge on any atom is -0.0622 e. The Morgan fingerprint density at radius 1 is 0.812 bits per heavy atom. The van der Waals surface area contributed by atoms with Crippen LogP contribution in [0.2, 0.25) is 0 Å². The first-order chi connectivity index (χ1) is 7.93. The van der Waals surface area contributed by atoms with Crippen LogP contribution in [0.1, 0.15) is 23.5 Å². The van der Waals surface area contributed by atoms with Crippen LogP contribution in [0.5, 0.6) is 0 Å². The lowest BCUT2D eigenvalue weighted by atomic mass is 10.0. The molecule has 1 aliphatic rings. The highest BCUT2D eigenvalue weighted by Gasteiger charge is 2.37. The number of hydrogen-bond acceptors (Lipinski definition) is 0. The van der Waals surface area contributed by atoms with Crippen LogP contribution in [-0.4, -0.2) is 0 Å². The zero-order chi connectivity index (χ0) is 10.8. The lowest BCUT2D eigenvalue weighted by molar-refractivity contribution is 0.795. The van der Waals surface area contributed by atoms with Crippen molar-refractivity contribution in [1.29, 1.82) is 0 Å². The van der Waals surface area contributed by atoms with E-state index in [0.29, 0.717) is 0 Å². The SMILES string of the molecule is c1ccc(C[C@H]2C[C@@H]2c2ccccc2)cc1. The quantitative estimate of drug-likeness (QED) is 0.714. The highest BCUT2D eigenvalue weighted by atomic mass is 14.4. The topological polar surface area (TPSA) is 0 Å². The molecule has 0 radical (unpaired) electrons. The Morgan fingerprint density at radius 2 is 1.44 bits per heavy atom. The molecule has 0 nitrogen and oxygen atoms in total. The second-order valence-electron chi connectivity index (χ2n) is 4.70. The van der Waals surface area contributed by atoms with E-state index in [9.17, 15) is 0 Å². The molecule has 0 saturated heterocycles. The molecular formula is C16H16. The molecule has 0 amide bonds. The summed E-state index contributed by atoms with van der Waals surface area (Å²) in [4.78, 5) is 0. The van der Waals surface area contributed by atoms with Gasteiger partial charge in [-0.1, -0.05) is 60.7 Å². The van der Waals surface area contributed by atoms with E-state index in [-0.39, 0.29) is 0 Å². The fourth-order valence-corrected chi connectivity index (χ4v) is 2.50. The summed E-state index contributed by atoms with van der Waals surface area (Å²) in [7, 11) is 0. The fraction of sp³-hybridized carbons (Fsp3) is 0.250. The summed E-state index contributed by atoms with van der Waals surface area (Å²) in [5, 5.41) is 0. The maximum atomic E-state index is 2.26. The summed E-state index contributed by atoms with van der Waals surface area (Å²) in [5.41, 5.74) is 2.99. The molecule has 1 aliphatic carbocycles. The van der Waals surface area contributed by atoms with Crippen molar-refractivity contribution in [2.45, 2.75) is 18.8 Å². The lowest BCUT2D eigenvalue weighted by Crippen LogP contribution is -1.89. The van der Waals surface area contributed by atoms with E-state index in [1.165, 1.54) is 24.0 Å². The van der Waals surface area contributed by atoms with Crippen molar-refractivity contribution in [3.63, 3.8) is 0 Å². The molecule has 16 heavy (non-hydrogen) atoms. The third kappa shape index (κ3) is 2.01. The Bertz CT molecular complexity index is 444. The van der Waals surface area contributed by atoms with Gasteiger partial charge in [-0.2, -0.15) is 0 Å². The van der Waals surface area contributed by atoms with E-state index in [2.05, 4.69) is 60.7 Å². The van der Waals surface area contributed by atoms with Crippen molar-refractivity contribution in [2.75, 3.05) is 0 Å². The van der Waals surface area contributed by atoms with Crippen LogP contribution in [0.25, 0.3) is 0 Å². The molecule has 3 rings (SSSR count). The summed E-state index contributed by atoms with van der Waals surface area (Å²) < 4.78 is 0. The van der Waals surface area contributed by atoms with Gasteiger partial charge in [0.15, 0.2) is 0 Å². The first-order valence-electron chi connectivity index (χ1n) is 6.02. The number of hydrogen-bond donors (Lipinski definition) is 0. The average molecular weight is 208 g/mol. The average Bonchev–Trinajstić information content (AvgIpc) is 3.11. The van der Waals surface area contributed by atoms with Crippen molar-refractivity contribution < 1.29 is 0 Å². The van der Waals surface area contributed by atoms with Gasteiger partial charge >= 0.3 is 0 Å². The second-order valence-corrected chi connectivity index (χ2v) is 4.70. The molecule has 1 fully saturated rings. The van der Waals surface area contributed by atoms with Crippen LogP contribution in [0.4, 0.5) is 0 Å². The van der Waals surface area contributed by atoms with E-state index in [1.807, 2.05) is 0 Å². The molecule has 0 aliphatic heterocycles. The summed E-state index contributed by atoms with van der Waals surface area (Å²) in [6.45, 7) is 0. The summed E-state index contributed by atoms with van der Waals surface area (Å²) in [6, 6.07) is 21.7. The molecule has 2 aromatic carbocycles. The maximum Gasteiger partial charge on any atom is -0.0127 e. The minimum atomic E-state index is 0.807. The van der Waals surface area contributed by atoms with Crippen LogP contribution < -0.4 is 0 Å². The molecule has 0 heterocycles. The Hall–Kier alpha value is -1.56. The van der Waals surface area contributed by atoms with E-state index in [4.69, 9.17) is 0 Å². The largest absolute Gasteiger partial charge is 0.0622 e. The zero-order valence-electron chi connectivity index (χ0n) is 9.34. The van der Waals surface area contributed by atoms with Crippen molar-refractivity contribution in [2.24, 2.45) is 5.92 Å². The third-order valence-electron chi connectivity index (χ3n) is 3.49. The standard InChI is InChI=1S/C16H16/c1-3-7-13(8-4-1)11-15-12-16(15)14-9-5-2-6-10-14/h1-10,15-16H,11-12H2/t15-,16+/m0/s1. The molecule has 2 aromatic rings. The van der Waals surface area contributed by atoms with Gasteiger partial charge in [0.1, 0.15) is 0 Å². The van der Waals surface area contributed by atoms with Crippen LogP contribution in [-0.2, 0) is 6.42 Å². The van der Waals surface area contributed by atoms with E-state index >= 15 is 0 Å². The van der Waals surface area contributed by atoms with Crippen LogP contribution in [0.3, 0.4) is 0 Å². The predicted molar refractivity (Wildman–Crippen MR) is 67.4 cm³/mol. The fourth-order valence-electron chi connectivity index (χ4n) is 2.50. The van der Waals surface area contributed by atoms with E-state index < -0.39 is 0 Å². The van der Waals surface area contributed by atoms with Gasteiger partial charge < -0.3 is 0 Å². The molecule has 0 spiro atoms. The summed E-state index contributed by atoms with van der Waals surface area (Å²) in [5.74, 6) is 1.67. The Balaban J connectivity index is 1.65. The molecule has 2 atom stereocenters. The maximum absolute atomic E-state index is 2.26. The summed E-state index contributed by atoms with van der Waals surface area (Å²) in [6.07, 6.45) is 2.60. The third-order valence-corrected chi connectivity index (χ3v) is 3.49. The van der Waals surface area contributed by atoms with Gasteiger partial charge in [-0.15, -0.1) is 0 Å². The van der Waals surface area contributed by atoms with Crippen molar-refractivity contribution in [1.82, 2.24) is 0 Å². The molecule has 0 N–H and O–H groups in total. The first kappa shape index (κ1) is 9.65. The van der Waals surface area contributed by atoms with Gasteiger partial charge in [0.2, 0.25) is 0 Å². The molecule has 0 heteroatoms. The lowest BCUT2D eigenvalue weighted by Gasteiger charge is -2.01. The predicted octanol–water partition coefficient (Wildman–Crippen LogP) is 4.03. The molecule has 1 saturated carbocycles. The smallest absolute Gasteiger partial charge is 0.0127 e.